The zero-order valence-corrected chi connectivity index (χ0v) is 15.8. The van der Waals surface area contributed by atoms with Crippen molar-refractivity contribution in [3.63, 3.8) is 0 Å². The zero-order chi connectivity index (χ0) is 17.9. The minimum absolute atomic E-state index is 0.0608. The minimum atomic E-state index is -3.51. The first-order valence-corrected chi connectivity index (χ1v) is 9.76. The van der Waals surface area contributed by atoms with Crippen molar-refractivity contribution in [3.05, 3.63) is 53.2 Å². The number of carbonyl (C=O) groups excluding carboxylic acids is 1. The van der Waals surface area contributed by atoms with Crippen molar-refractivity contribution in [3.8, 4) is 0 Å². The summed E-state index contributed by atoms with van der Waals surface area (Å²) in [5.74, 6) is -0.0608. The maximum Gasteiger partial charge on any atom is 0.244 e. The maximum absolute atomic E-state index is 12.4. The summed E-state index contributed by atoms with van der Waals surface area (Å²) in [6.07, 6.45) is 1.30. The molecule has 1 aromatic carbocycles. The molecule has 0 aliphatic carbocycles. The fourth-order valence-electron chi connectivity index (χ4n) is 1.91. The second-order valence-corrected chi connectivity index (χ2v) is 9.20. The smallest absolute Gasteiger partial charge is 0.244 e. The van der Waals surface area contributed by atoms with Crippen LogP contribution in [0.15, 0.2) is 52.5 Å². The molecule has 1 atom stereocenters. The number of hydrogen-bond acceptors (Lipinski definition) is 5. The van der Waals surface area contributed by atoms with E-state index in [0.717, 1.165) is 4.31 Å². The predicted molar refractivity (Wildman–Crippen MR) is 96.2 cm³/mol. The molecule has 128 valence electrons. The molecule has 2 aromatic rings. The molecule has 8 heteroatoms. The number of sulfonamides is 1. The van der Waals surface area contributed by atoms with E-state index < -0.39 is 10.0 Å². The molecule has 0 spiro atoms. The average molecular weight is 385 g/mol. The Morgan fingerprint density at radius 2 is 1.96 bits per heavy atom. The Labute approximate surface area is 151 Å². The molecule has 0 bridgehead atoms. The van der Waals surface area contributed by atoms with Gasteiger partial charge in [-0.05, 0) is 31.2 Å². The number of benzene rings is 1. The van der Waals surface area contributed by atoms with E-state index in [0.29, 0.717) is 15.6 Å². The Balaban J connectivity index is 2.12. The molecule has 0 saturated heterocycles. The van der Waals surface area contributed by atoms with E-state index in [2.05, 4.69) is 4.98 Å². The second-order valence-electron chi connectivity index (χ2n) is 5.25. The molecule has 24 heavy (non-hydrogen) atoms. The van der Waals surface area contributed by atoms with E-state index in [1.807, 2.05) is 0 Å². The number of halogens is 1. The summed E-state index contributed by atoms with van der Waals surface area (Å²) in [5, 5.41) is 0.720. The van der Waals surface area contributed by atoms with Crippen molar-refractivity contribution < 1.29 is 13.2 Å². The highest BCUT2D eigenvalue weighted by Crippen LogP contribution is 2.25. The first kappa shape index (κ1) is 18.9. The zero-order valence-electron chi connectivity index (χ0n) is 13.4. The van der Waals surface area contributed by atoms with Gasteiger partial charge in [0.05, 0.1) is 10.3 Å². The summed E-state index contributed by atoms with van der Waals surface area (Å²) in [6, 6.07) is 9.87. The molecule has 5 nitrogen and oxygen atoms in total. The third-order valence-corrected chi connectivity index (χ3v) is 6.35. The Bertz CT molecular complexity index is 837. The molecule has 0 fully saturated rings. The van der Waals surface area contributed by atoms with Crippen LogP contribution >= 0.6 is 23.4 Å². The lowest BCUT2D eigenvalue weighted by Crippen LogP contribution is -2.22. The van der Waals surface area contributed by atoms with Crippen molar-refractivity contribution in [2.75, 3.05) is 14.1 Å². The largest absolute Gasteiger partial charge is 0.293 e. The van der Waals surface area contributed by atoms with Gasteiger partial charge >= 0.3 is 0 Å². The van der Waals surface area contributed by atoms with Gasteiger partial charge in [0, 0.05) is 30.9 Å². The molecule has 0 saturated carbocycles. The van der Waals surface area contributed by atoms with Crippen molar-refractivity contribution in [2.45, 2.75) is 22.1 Å². The lowest BCUT2D eigenvalue weighted by Gasteiger charge is -2.12. The molecule has 0 amide bonds. The summed E-state index contributed by atoms with van der Waals surface area (Å²) in [6.45, 7) is 1.78. The monoisotopic (exact) mass is 384 g/mol. The highest BCUT2D eigenvalue weighted by molar-refractivity contribution is 8.00. The van der Waals surface area contributed by atoms with Gasteiger partial charge in [0.25, 0.3) is 0 Å². The molecule has 0 N–H and O–H groups in total. The van der Waals surface area contributed by atoms with Gasteiger partial charge in [0.1, 0.15) is 4.90 Å². The number of Topliss-reactive ketones (excluding diaryl/α,β-unsaturated/α-hetero) is 1. The van der Waals surface area contributed by atoms with Crippen LogP contribution in [0.25, 0.3) is 0 Å². The van der Waals surface area contributed by atoms with E-state index in [4.69, 9.17) is 11.6 Å². The lowest BCUT2D eigenvalue weighted by atomic mass is 10.1. The standard InChI is InChI=1S/C16H17ClN2O3S2/c1-11(16(20)12-5-4-6-13(17)9-12)23-15-8-7-14(10-18-15)24(21,22)19(2)3/h4-11H,1-3H3/t11-/m0/s1. The molecule has 0 aliphatic rings. The molecular formula is C16H17ClN2O3S2. The molecule has 1 heterocycles. The topological polar surface area (TPSA) is 67.3 Å². The van der Waals surface area contributed by atoms with E-state index in [-0.39, 0.29) is 15.9 Å². The number of carbonyl (C=O) groups is 1. The van der Waals surface area contributed by atoms with Crippen LogP contribution in [0.3, 0.4) is 0 Å². The van der Waals surface area contributed by atoms with Crippen LogP contribution in [0.4, 0.5) is 0 Å². The Morgan fingerprint density at radius 3 is 2.50 bits per heavy atom. The van der Waals surface area contributed by atoms with E-state index in [9.17, 15) is 13.2 Å². The number of pyridine rings is 1. The Hall–Kier alpha value is -1.41. The molecular weight excluding hydrogens is 368 g/mol. The summed E-state index contributed by atoms with van der Waals surface area (Å²) in [4.78, 5) is 16.7. The average Bonchev–Trinajstić information content (AvgIpc) is 2.54. The summed E-state index contributed by atoms with van der Waals surface area (Å²) >= 11 is 7.18. The number of ketones is 1. The van der Waals surface area contributed by atoms with Gasteiger partial charge in [0.15, 0.2) is 5.78 Å². The Kier molecular flexibility index (Phi) is 6.03. The van der Waals surface area contributed by atoms with Crippen LogP contribution in [0, 0.1) is 0 Å². The third-order valence-electron chi connectivity index (χ3n) is 3.26. The fourth-order valence-corrected chi connectivity index (χ4v) is 3.81. The molecule has 0 aliphatic heterocycles. The van der Waals surface area contributed by atoms with Crippen LogP contribution in [0.5, 0.6) is 0 Å². The van der Waals surface area contributed by atoms with Gasteiger partial charge in [-0.3, -0.25) is 4.79 Å². The van der Waals surface area contributed by atoms with Gasteiger partial charge in [-0.1, -0.05) is 35.5 Å². The molecule has 0 radical (unpaired) electrons. The second kappa shape index (κ2) is 7.65. The van der Waals surface area contributed by atoms with Gasteiger partial charge in [-0.25, -0.2) is 17.7 Å². The van der Waals surface area contributed by atoms with Crippen LogP contribution in [0.2, 0.25) is 5.02 Å². The minimum Gasteiger partial charge on any atom is -0.293 e. The number of aromatic nitrogens is 1. The number of thioether (sulfide) groups is 1. The normalized spacial score (nSPS) is 13.0. The van der Waals surface area contributed by atoms with Gasteiger partial charge in [-0.15, -0.1) is 0 Å². The Morgan fingerprint density at radius 1 is 1.25 bits per heavy atom. The van der Waals surface area contributed by atoms with E-state index in [1.54, 1.807) is 37.3 Å². The highest BCUT2D eigenvalue weighted by Gasteiger charge is 2.20. The van der Waals surface area contributed by atoms with E-state index in [1.165, 1.54) is 38.1 Å². The van der Waals surface area contributed by atoms with Crippen LogP contribution in [0.1, 0.15) is 17.3 Å². The number of hydrogen-bond donors (Lipinski definition) is 0. The highest BCUT2D eigenvalue weighted by atomic mass is 35.5. The van der Waals surface area contributed by atoms with Crippen LogP contribution in [-0.4, -0.2) is 42.8 Å². The van der Waals surface area contributed by atoms with Gasteiger partial charge in [-0.2, -0.15) is 0 Å². The first-order chi connectivity index (χ1) is 11.2. The van der Waals surface area contributed by atoms with Crippen molar-refractivity contribution in [1.82, 2.24) is 9.29 Å². The number of rotatable bonds is 6. The molecule has 0 unspecified atom stereocenters. The quantitative estimate of drug-likeness (QED) is 0.564. The van der Waals surface area contributed by atoms with Crippen molar-refractivity contribution in [2.24, 2.45) is 0 Å². The first-order valence-electron chi connectivity index (χ1n) is 7.07. The predicted octanol–water partition coefficient (Wildman–Crippen LogP) is 3.35. The molecule has 1 aromatic heterocycles. The van der Waals surface area contributed by atoms with E-state index >= 15 is 0 Å². The summed E-state index contributed by atoms with van der Waals surface area (Å²) in [7, 11) is -0.582. The lowest BCUT2D eigenvalue weighted by molar-refractivity contribution is 0.0994. The van der Waals surface area contributed by atoms with Crippen molar-refractivity contribution in [1.29, 1.82) is 0 Å². The maximum atomic E-state index is 12.4. The van der Waals surface area contributed by atoms with Crippen LogP contribution < -0.4 is 0 Å². The summed E-state index contributed by atoms with van der Waals surface area (Å²) < 4.78 is 25.1. The SMILES string of the molecule is C[C@H](Sc1ccc(S(=O)(=O)N(C)C)cn1)C(=O)c1cccc(Cl)c1. The third kappa shape index (κ3) is 4.36. The fraction of sp³-hybridized carbons (Fsp3) is 0.250. The van der Waals surface area contributed by atoms with Gasteiger partial charge in [0.2, 0.25) is 10.0 Å². The van der Waals surface area contributed by atoms with Crippen molar-refractivity contribution >= 4 is 39.2 Å². The van der Waals surface area contributed by atoms with Crippen LogP contribution in [-0.2, 0) is 10.0 Å². The number of nitrogens with zero attached hydrogens (tertiary/aromatic N) is 2. The summed E-state index contributed by atoms with van der Waals surface area (Å²) in [5.41, 5.74) is 0.536. The molecule has 2 rings (SSSR count). The van der Waals surface area contributed by atoms with Gasteiger partial charge < -0.3 is 0 Å².